The Morgan fingerprint density at radius 3 is 1.33 bits per heavy atom. The fraction of sp³-hybridized carbons (Fsp3) is 0.424. The first-order valence-electron chi connectivity index (χ1n) is 28.2. The number of aliphatic hydroxyl groups is 1. The van der Waals surface area contributed by atoms with Gasteiger partial charge in [-0.05, 0) is 40.6 Å². The van der Waals surface area contributed by atoms with Crippen LogP contribution >= 0.6 is 45.3 Å². The Bertz CT molecular complexity index is 3880. The number of thiophene rings is 4. The van der Waals surface area contributed by atoms with Crippen LogP contribution in [0.1, 0.15) is 56.9 Å². The van der Waals surface area contributed by atoms with Gasteiger partial charge < -0.3 is 25.6 Å². The summed E-state index contributed by atoms with van der Waals surface area (Å²) in [7, 11) is -10.4. The summed E-state index contributed by atoms with van der Waals surface area (Å²) < 4.78 is 98.9. The second kappa shape index (κ2) is 27.7. The number of nitrogens with two attached hydrogens (primary N) is 1. The Kier molecular flexibility index (Phi) is 20.6. The summed E-state index contributed by atoms with van der Waals surface area (Å²) in [5.41, 5.74) is 5.43. The average molecular weight is 1280 g/mol. The van der Waals surface area contributed by atoms with Gasteiger partial charge in [0, 0.05) is 181 Å². The predicted octanol–water partition coefficient (Wildman–Crippen LogP) is 8.26. The van der Waals surface area contributed by atoms with Crippen molar-refractivity contribution in [3.05, 3.63) is 124 Å². The van der Waals surface area contributed by atoms with Crippen LogP contribution in [0.15, 0.2) is 133 Å². The van der Waals surface area contributed by atoms with E-state index < -0.39 is 30.1 Å². The van der Waals surface area contributed by atoms with Gasteiger partial charge in [-0.15, -0.1) is 45.3 Å². The number of Topliss-reactive ketones (excluding diaryl/α,β-unsaturated/α-hetero) is 2. The first-order valence-corrected chi connectivity index (χ1v) is 36.1. The summed E-state index contributed by atoms with van der Waals surface area (Å²) in [6.07, 6.45) is 4.90. The van der Waals surface area contributed by atoms with Crippen molar-refractivity contribution in [2.75, 3.05) is 91.8 Å². The Balaban J connectivity index is 0.000000132. The maximum Gasteiger partial charge on any atom is 0.244 e. The molecule has 0 saturated carbocycles. The van der Waals surface area contributed by atoms with Gasteiger partial charge in [0.25, 0.3) is 0 Å². The van der Waals surface area contributed by atoms with Crippen LogP contribution < -0.4 is 16.4 Å². The summed E-state index contributed by atoms with van der Waals surface area (Å²) in [6.45, 7) is 8.78. The van der Waals surface area contributed by atoms with E-state index in [1.54, 1.807) is 36.1 Å². The molecule has 6 aliphatic rings. The molecule has 25 heteroatoms. The summed E-state index contributed by atoms with van der Waals surface area (Å²) >= 11 is 6.18. The molecule has 0 bridgehead atoms. The molecular formula is C59H71N7O11S7. The fourth-order valence-corrected chi connectivity index (χ4v) is 21.0. The number of hydrogen-bond acceptors (Lipinski definition) is 19. The van der Waals surface area contributed by atoms with Gasteiger partial charge >= 0.3 is 0 Å². The summed E-state index contributed by atoms with van der Waals surface area (Å²) in [6, 6.07) is 31.4. The topological polar surface area (TPSA) is 238 Å². The molecule has 0 radical (unpaired) electrons. The molecule has 4 aromatic heterocycles. The molecule has 0 aliphatic carbocycles. The van der Waals surface area contributed by atoms with Crippen LogP contribution in [-0.2, 0) is 55.7 Å². The van der Waals surface area contributed by atoms with E-state index in [2.05, 4.69) is 45.2 Å². The highest BCUT2D eigenvalue weighted by atomic mass is 32.2. The largest absolute Gasteiger partial charge is 0.395 e. The Labute approximate surface area is 507 Å². The lowest BCUT2D eigenvalue weighted by Gasteiger charge is -2.43. The van der Waals surface area contributed by atoms with Gasteiger partial charge in [0.2, 0.25) is 30.1 Å². The number of aliphatic hydroxyl groups excluding tert-OH is 1. The second-order valence-corrected chi connectivity index (χ2v) is 30.4. The number of nitrogens with zero attached hydrogens (tertiary/aromatic N) is 4. The Hall–Kier alpha value is -4.49. The van der Waals surface area contributed by atoms with Crippen molar-refractivity contribution in [3.8, 4) is 0 Å². The number of benzene rings is 4. The van der Waals surface area contributed by atoms with Crippen molar-refractivity contribution >= 4 is 127 Å². The first-order chi connectivity index (χ1) is 40.6. The third-order valence-electron chi connectivity index (χ3n) is 16.0. The van der Waals surface area contributed by atoms with E-state index in [0.29, 0.717) is 118 Å². The minimum absolute atomic E-state index is 0.0972. The molecule has 5 N–H and O–H groups in total. The summed E-state index contributed by atoms with van der Waals surface area (Å²) in [4.78, 5) is 25.3. The standard InChI is InChI=1S/C24H24N2O3S3.C15H18N2O3S2.C13H13NO3S2.C5H9NO.C2H7NO/c27-32(28,23-17-31-22-8-4-2-6-20(22)23)26-11-9-24(10-12-26)25(13-14-29-24)15-18-16-30-21-7-3-1-5-19(18)21;18-22(19,14-11-21-13-4-2-1-3-12(13)14)17-8-5-15(6-9-17)16-7-10-20-15;15-10-5-7-14(8-6-10)19(16,17)13-9-18-12-4-2-1-3-11(12)13;7-5-1-3-6-4-2-5;3-1-2-4/h1-8,16-17H,9-15H2;1-4,11,16H,5-10H2;1-4,9H,5-8H2;6H,1-4H2;4H,1-3H2. The Morgan fingerprint density at radius 1 is 0.500 bits per heavy atom. The highest BCUT2D eigenvalue weighted by molar-refractivity contribution is 7.90. The summed E-state index contributed by atoms with van der Waals surface area (Å²) in [5.74, 6) is 0.542. The van der Waals surface area contributed by atoms with Gasteiger partial charge in [0.05, 0.1) is 19.8 Å². The molecule has 6 saturated heterocycles. The molecule has 14 rings (SSSR count). The maximum absolute atomic E-state index is 13.4. The molecule has 2 spiro atoms. The molecule has 6 aliphatic heterocycles. The van der Waals surface area contributed by atoms with Gasteiger partial charge in [-0.1, -0.05) is 72.8 Å². The molecular weight excluding hydrogens is 1210 g/mol. The van der Waals surface area contributed by atoms with E-state index in [4.69, 9.17) is 20.3 Å². The monoisotopic (exact) mass is 1280 g/mol. The first kappa shape index (κ1) is 62.6. The molecule has 10 heterocycles. The third kappa shape index (κ3) is 13.9. The lowest BCUT2D eigenvalue weighted by atomic mass is 9.99. The molecule has 4 aromatic carbocycles. The quantitative estimate of drug-likeness (QED) is 0.106. The number of ketones is 2. The smallest absolute Gasteiger partial charge is 0.244 e. The van der Waals surface area contributed by atoms with E-state index >= 15 is 0 Å². The minimum atomic E-state index is -3.52. The zero-order valence-corrected chi connectivity index (χ0v) is 52.3. The SMILES string of the molecule is NCCO.O=C1CCN(S(=O)(=O)c2csc3ccccc23)CC1.O=C1CCNCC1.O=S(=O)(c1csc2ccccc12)N1CCC2(CC1)NCCO2.O=S(=O)(c1csc2ccccc12)N1CCC2(CC1)OCCN2Cc1csc2ccccc12. The number of fused-ring (bicyclic) bond motifs is 4. The number of ether oxygens (including phenoxy) is 2. The number of carbonyl (C=O) groups excluding carboxylic acids is 2. The number of nitrogens with one attached hydrogen (secondary N) is 2. The van der Waals surface area contributed by atoms with E-state index in [9.17, 15) is 34.8 Å². The van der Waals surface area contributed by atoms with Gasteiger partial charge in [-0.2, -0.15) is 12.9 Å². The van der Waals surface area contributed by atoms with E-state index in [-0.39, 0.29) is 23.8 Å². The molecule has 0 amide bonds. The Morgan fingerprint density at radius 2 is 0.905 bits per heavy atom. The van der Waals surface area contributed by atoms with Crippen LogP contribution in [0.25, 0.3) is 40.3 Å². The van der Waals surface area contributed by atoms with Crippen LogP contribution in [0.2, 0.25) is 0 Å². The van der Waals surface area contributed by atoms with Crippen molar-refractivity contribution in [1.82, 2.24) is 28.4 Å². The molecule has 450 valence electrons. The van der Waals surface area contributed by atoms with Crippen molar-refractivity contribution in [2.45, 2.75) is 84.0 Å². The normalized spacial score (nSPS) is 19.8. The molecule has 0 unspecified atom stereocenters. The number of hydrogen-bond donors (Lipinski definition) is 4. The van der Waals surface area contributed by atoms with Crippen molar-refractivity contribution < 1.29 is 49.4 Å². The lowest BCUT2D eigenvalue weighted by molar-refractivity contribution is -0.121. The summed E-state index contributed by atoms with van der Waals surface area (Å²) in [5, 5.41) is 25.4. The molecule has 6 fully saturated rings. The van der Waals surface area contributed by atoms with Gasteiger partial charge in [-0.3, -0.25) is 19.8 Å². The molecule has 18 nitrogen and oxygen atoms in total. The molecule has 84 heavy (non-hydrogen) atoms. The van der Waals surface area contributed by atoms with Gasteiger partial charge in [0.15, 0.2) is 0 Å². The van der Waals surface area contributed by atoms with Crippen molar-refractivity contribution in [3.63, 3.8) is 0 Å². The highest BCUT2D eigenvalue weighted by Crippen LogP contribution is 2.41. The highest BCUT2D eigenvalue weighted by Gasteiger charge is 2.47. The zero-order valence-electron chi connectivity index (χ0n) is 46.6. The number of carbonyl (C=O) groups is 2. The number of rotatable bonds is 9. The second-order valence-electron chi connectivity index (χ2n) is 21.1. The van der Waals surface area contributed by atoms with Crippen LogP contribution in [0, 0.1) is 0 Å². The molecule has 8 aromatic rings. The minimum Gasteiger partial charge on any atom is -0.395 e. The molecule has 0 atom stereocenters. The number of sulfonamides is 3. The van der Waals surface area contributed by atoms with E-state index in [0.717, 1.165) is 75.8 Å². The zero-order chi connectivity index (χ0) is 59.0. The van der Waals surface area contributed by atoms with Crippen LogP contribution in [-0.4, -0.2) is 163 Å². The number of piperidine rings is 4. The van der Waals surface area contributed by atoms with Crippen molar-refractivity contribution in [2.24, 2.45) is 5.73 Å². The van der Waals surface area contributed by atoms with Crippen LogP contribution in [0.4, 0.5) is 0 Å². The third-order valence-corrected chi connectivity index (χ3v) is 26.1. The van der Waals surface area contributed by atoms with E-state index in [1.165, 1.54) is 54.0 Å². The lowest BCUT2D eigenvalue weighted by Crippen LogP contribution is -2.53. The predicted molar refractivity (Wildman–Crippen MR) is 335 cm³/mol. The van der Waals surface area contributed by atoms with Crippen molar-refractivity contribution in [1.29, 1.82) is 0 Å². The van der Waals surface area contributed by atoms with E-state index in [1.807, 2.05) is 72.8 Å². The average Bonchev–Trinajstić information content (AvgIpc) is 3.45. The fourth-order valence-electron chi connectivity index (χ4n) is 11.3. The van der Waals surface area contributed by atoms with Crippen LogP contribution in [0.3, 0.4) is 0 Å². The van der Waals surface area contributed by atoms with Gasteiger partial charge in [-0.25, -0.2) is 25.3 Å². The van der Waals surface area contributed by atoms with Crippen LogP contribution in [0.5, 0.6) is 0 Å². The van der Waals surface area contributed by atoms with Gasteiger partial charge in [0.1, 0.15) is 37.7 Å². The maximum atomic E-state index is 13.4.